The molecule has 11 heteroatoms. The summed E-state index contributed by atoms with van der Waals surface area (Å²) in [4.78, 5) is 25.0. The lowest BCUT2D eigenvalue weighted by Gasteiger charge is -2.06. The molecule has 0 fully saturated rings. The van der Waals surface area contributed by atoms with Crippen LogP contribution < -0.4 is 15.4 Å². The second kappa shape index (κ2) is 8.85. The molecule has 4 aromatic rings. The summed E-state index contributed by atoms with van der Waals surface area (Å²) in [6, 6.07) is 11.9. The molecule has 1 aromatic carbocycles. The number of nitriles is 1. The number of halogens is 1. The lowest BCUT2D eigenvalue weighted by atomic mass is 10.1. The van der Waals surface area contributed by atoms with E-state index in [0.29, 0.717) is 28.4 Å². The number of urea groups is 1. The third kappa shape index (κ3) is 4.26. The zero-order valence-electron chi connectivity index (χ0n) is 15.6. The molecule has 3 aromatic heterocycles. The summed E-state index contributed by atoms with van der Waals surface area (Å²) in [6.45, 7) is 0. The fourth-order valence-corrected chi connectivity index (χ4v) is 2.59. The Labute approximate surface area is 176 Å². The molecule has 0 aliphatic rings. The molecule has 150 valence electrons. The van der Waals surface area contributed by atoms with Gasteiger partial charge >= 0.3 is 6.03 Å². The van der Waals surface area contributed by atoms with Crippen molar-refractivity contribution in [3.05, 3.63) is 54.5 Å². The van der Waals surface area contributed by atoms with E-state index in [1.54, 1.807) is 19.4 Å². The quantitative estimate of drug-likeness (QED) is 0.457. The van der Waals surface area contributed by atoms with Crippen LogP contribution in [0.1, 0.15) is 5.69 Å². The minimum absolute atomic E-state index is 0. The predicted molar refractivity (Wildman–Crippen MR) is 113 cm³/mol. The van der Waals surface area contributed by atoms with Crippen LogP contribution in [0.15, 0.2) is 48.8 Å². The van der Waals surface area contributed by atoms with Crippen LogP contribution in [-0.4, -0.2) is 38.3 Å². The summed E-state index contributed by atoms with van der Waals surface area (Å²) in [7, 11) is 1.60. The number of fused-ring (bicyclic) bond motifs is 1. The molecule has 0 radical (unpaired) electrons. The van der Waals surface area contributed by atoms with Gasteiger partial charge < -0.3 is 10.1 Å². The lowest BCUT2D eigenvalue weighted by Crippen LogP contribution is -2.20. The van der Waals surface area contributed by atoms with Crippen molar-refractivity contribution >= 4 is 41.1 Å². The number of pyridine rings is 1. The van der Waals surface area contributed by atoms with Crippen LogP contribution in [0.4, 0.5) is 16.3 Å². The Morgan fingerprint density at radius 1 is 1.10 bits per heavy atom. The van der Waals surface area contributed by atoms with Crippen LogP contribution in [0, 0.1) is 11.3 Å². The summed E-state index contributed by atoms with van der Waals surface area (Å²) >= 11 is 0. The summed E-state index contributed by atoms with van der Waals surface area (Å²) in [6.07, 6.45) is 3.00. The van der Waals surface area contributed by atoms with Crippen LogP contribution in [-0.2, 0) is 0 Å². The number of nitrogens with one attached hydrogen (secondary N) is 3. The molecule has 0 aliphatic carbocycles. The number of amides is 2. The van der Waals surface area contributed by atoms with Crippen molar-refractivity contribution < 1.29 is 9.53 Å². The first kappa shape index (κ1) is 20.5. The minimum Gasteiger partial charge on any atom is -0.497 e. The van der Waals surface area contributed by atoms with E-state index in [9.17, 15) is 4.79 Å². The van der Waals surface area contributed by atoms with Gasteiger partial charge in [-0.2, -0.15) is 10.4 Å². The van der Waals surface area contributed by atoms with E-state index in [1.165, 1.54) is 12.3 Å². The number of hydrogen-bond acceptors (Lipinski definition) is 7. The van der Waals surface area contributed by atoms with E-state index < -0.39 is 6.03 Å². The predicted octanol–water partition coefficient (Wildman–Crippen LogP) is 3.36. The molecule has 0 spiro atoms. The minimum atomic E-state index is -0.515. The maximum atomic E-state index is 12.3. The number of methoxy groups -OCH3 is 1. The van der Waals surface area contributed by atoms with Gasteiger partial charge in [0.1, 0.15) is 17.5 Å². The van der Waals surface area contributed by atoms with Crippen LogP contribution in [0.3, 0.4) is 0 Å². The Morgan fingerprint density at radius 2 is 1.90 bits per heavy atom. The molecule has 0 bridgehead atoms. The highest BCUT2D eigenvalue weighted by Gasteiger charge is 2.13. The first-order valence-electron chi connectivity index (χ1n) is 8.46. The molecule has 0 aliphatic heterocycles. The second-order valence-electron chi connectivity index (χ2n) is 5.88. The van der Waals surface area contributed by atoms with Gasteiger partial charge in [0.15, 0.2) is 11.3 Å². The van der Waals surface area contributed by atoms with E-state index in [4.69, 9.17) is 10.00 Å². The molecular weight excluding hydrogens is 408 g/mol. The van der Waals surface area contributed by atoms with Gasteiger partial charge in [0.2, 0.25) is 5.65 Å². The fourth-order valence-electron chi connectivity index (χ4n) is 2.59. The number of nitrogens with zero attached hydrogens (tertiary/aromatic N) is 5. The van der Waals surface area contributed by atoms with Gasteiger partial charge in [-0.15, -0.1) is 12.4 Å². The Morgan fingerprint density at radius 3 is 2.57 bits per heavy atom. The summed E-state index contributed by atoms with van der Waals surface area (Å²) < 4.78 is 5.16. The zero-order chi connectivity index (χ0) is 20.2. The van der Waals surface area contributed by atoms with Gasteiger partial charge in [0.05, 0.1) is 30.9 Å². The molecule has 0 saturated heterocycles. The first-order valence-corrected chi connectivity index (χ1v) is 8.46. The van der Waals surface area contributed by atoms with Gasteiger partial charge in [-0.25, -0.2) is 19.7 Å². The Bertz CT molecular complexity index is 1220. The molecular formula is C19H15ClN8O2. The molecule has 30 heavy (non-hydrogen) atoms. The normalized spacial score (nSPS) is 10.0. The third-order valence-corrected chi connectivity index (χ3v) is 4.02. The van der Waals surface area contributed by atoms with E-state index in [-0.39, 0.29) is 18.1 Å². The molecule has 0 saturated carbocycles. The Kier molecular flexibility index (Phi) is 6.05. The van der Waals surface area contributed by atoms with Gasteiger partial charge in [-0.1, -0.05) is 0 Å². The van der Waals surface area contributed by atoms with Crippen LogP contribution in [0.2, 0.25) is 0 Å². The monoisotopic (exact) mass is 422 g/mol. The average Bonchev–Trinajstić information content (AvgIpc) is 3.16. The molecule has 4 rings (SSSR count). The Hall–Kier alpha value is -4.23. The van der Waals surface area contributed by atoms with E-state index in [0.717, 1.165) is 11.3 Å². The van der Waals surface area contributed by atoms with E-state index >= 15 is 0 Å². The highest BCUT2D eigenvalue weighted by molar-refractivity contribution is 6.03. The van der Waals surface area contributed by atoms with Crippen molar-refractivity contribution in [1.29, 1.82) is 5.26 Å². The molecule has 3 heterocycles. The second-order valence-corrected chi connectivity index (χ2v) is 5.88. The topological polar surface area (TPSA) is 142 Å². The highest BCUT2D eigenvalue weighted by atomic mass is 35.5. The summed E-state index contributed by atoms with van der Waals surface area (Å²) in [5.41, 5.74) is 2.97. The highest BCUT2D eigenvalue weighted by Crippen LogP contribution is 2.24. The van der Waals surface area contributed by atoms with Crippen LogP contribution >= 0.6 is 12.4 Å². The van der Waals surface area contributed by atoms with Crippen LogP contribution in [0.25, 0.3) is 22.4 Å². The molecule has 0 unspecified atom stereocenters. The van der Waals surface area contributed by atoms with Crippen molar-refractivity contribution in [3.8, 4) is 23.1 Å². The van der Waals surface area contributed by atoms with Crippen LogP contribution in [0.5, 0.6) is 5.75 Å². The number of ether oxygens (including phenoxy) is 1. The largest absolute Gasteiger partial charge is 0.497 e. The van der Waals surface area contributed by atoms with Gasteiger partial charge in [0, 0.05) is 5.56 Å². The maximum Gasteiger partial charge on any atom is 0.324 e. The Balaban J connectivity index is 0.00000256. The first-order chi connectivity index (χ1) is 14.2. The smallest absolute Gasteiger partial charge is 0.324 e. The molecule has 0 atom stereocenters. The van der Waals surface area contributed by atoms with E-state index in [1.807, 2.05) is 30.3 Å². The summed E-state index contributed by atoms with van der Waals surface area (Å²) in [5, 5.41) is 20.8. The van der Waals surface area contributed by atoms with Crippen molar-refractivity contribution in [2.75, 3.05) is 17.7 Å². The standard InChI is InChI=1S/C19H14N8O2.ClH/c1-29-14-6-2-11(3-7-14)15-10-22-17-16(24-15)18(27-26-17)25-19(28)23-13-5-4-12(8-20)21-9-13;/h2-7,9-10H,1H3,(H3,22,23,25,26,27,28);1H. The van der Waals surface area contributed by atoms with Gasteiger partial charge in [0.25, 0.3) is 0 Å². The fraction of sp³-hybridized carbons (Fsp3) is 0.0526. The number of anilines is 2. The maximum absolute atomic E-state index is 12.3. The number of H-pyrrole nitrogens is 1. The van der Waals surface area contributed by atoms with Crippen molar-refractivity contribution in [1.82, 2.24) is 25.1 Å². The number of aromatic amines is 1. The number of benzene rings is 1. The molecule has 3 N–H and O–H groups in total. The SMILES string of the molecule is COc1ccc(-c2cnc3n[nH]c(NC(=O)Nc4ccc(C#N)nc4)c3n2)cc1.Cl. The zero-order valence-corrected chi connectivity index (χ0v) is 16.4. The van der Waals surface area contributed by atoms with Gasteiger partial charge in [-0.05, 0) is 36.4 Å². The summed E-state index contributed by atoms with van der Waals surface area (Å²) in [5.74, 6) is 1.05. The number of carbonyl (C=O) groups is 1. The molecule has 2 amide bonds. The number of rotatable bonds is 4. The lowest BCUT2D eigenvalue weighted by molar-refractivity contribution is 0.262. The van der Waals surface area contributed by atoms with Crippen molar-refractivity contribution in [3.63, 3.8) is 0 Å². The van der Waals surface area contributed by atoms with Crippen molar-refractivity contribution in [2.45, 2.75) is 0 Å². The number of hydrogen-bond donors (Lipinski definition) is 3. The number of carbonyl (C=O) groups excluding carboxylic acids is 1. The van der Waals surface area contributed by atoms with Crippen molar-refractivity contribution in [2.24, 2.45) is 0 Å². The average molecular weight is 423 g/mol. The number of aromatic nitrogens is 5. The van der Waals surface area contributed by atoms with Gasteiger partial charge in [-0.3, -0.25) is 10.4 Å². The third-order valence-electron chi connectivity index (χ3n) is 4.02. The molecule has 10 nitrogen and oxygen atoms in total. The van der Waals surface area contributed by atoms with E-state index in [2.05, 4.69) is 35.8 Å².